The molecule has 154 valence electrons. The first-order valence-electron chi connectivity index (χ1n) is 10.1. The van der Waals surface area contributed by atoms with Crippen LogP contribution in [0.15, 0.2) is 58.3 Å². The summed E-state index contributed by atoms with van der Waals surface area (Å²) in [4.78, 5) is 39.7. The Kier molecular flexibility index (Phi) is 6.18. The average molecular weight is 422 g/mol. The minimum absolute atomic E-state index is 0.128. The maximum Gasteiger partial charge on any atom is 0.262 e. The summed E-state index contributed by atoms with van der Waals surface area (Å²) in [6.45, 7) is 2.05. The minimum Gasteiger partial charge on any atom is -0.352 e. The number of benzene rings is 2. The number of thioether (sulfide) groups is 1. The highest BCUT2D eigenvalue weighted by Crippen LogP contribution is 2.38. The van der Waals surface area contributed by atoms with Crippen LogP contribution < -0.4 is 10.6 Å². The number of carbonyl (C=O) groups is 3. The summed E-state index contributed by atoms with van der Waals surface area (Å²) in [5.41, 5.74) is 2.25. The van der Waals surface area contributed by atoms with Gasteiger partial charge in [0.2, 0.25) is 5.91 Å². The molecule has 2 aromatic rings. The lowest BCUT2D eigenvalue weighted by molar-refractivity contribution is -0.127. The summed E-state index contributed by atoms with van der Waals surface area (Å²) >= 11 is 1.44. The molecule has 7 heteroatoms. The molecule has 0 bridgehead atoms. The average Bonchev–Trinajstić information content (AvgIpc) is 3.17. The molecule has 4 rings (SSSR count). The Labute approximate surface area is 179 Å². The van der Waals surface area contributed by atoms with Crippen molar-refractivity contribution in [2.75, 3.05) is 25.0 Å². The molecule has 6 nitrogen and oxygen atoms in total. The van der Waals surface area contributed by atoms with Gasteiger partial charge < -0.3 is 15.5 Å². The fourth-order valence-electron chi connectivity index (χ4n) is 3.50. The maximum atomic E-state index is 12.3. The number of rotatable bonds is 6. The molecule has 0 atom stereocenters. The molecule has 0 unspecified atom stereocenters. The van der Waals surface area contributed by atoms with Crippen molar-refractivity contribution < 1.29 is 14.4 Å². The van der Waals surface area contributed by atoms with E-state index in [0.717, 1.165) is 35.5 Å². The molecule has 2 aliphatic heterocycles. The van der Waals surface area contributed by atoms with Crippen LogP contribution in [-0.2, 0) is 9.59 Å². The second-order valence-electron chi connectivity index (χ2n) is 7.28. The molecule has 30 heavy (non-hydrogen) atoms. The van der Waals surface area contributed by atoms with Crippen LogP contribution in [0.4, 0.5) is 5.69 Å². The largest absolute Gasteiger partial charge is 0.352 e. The standard InChI is InChI=1S/C23H23N3O3S/c27-21-7-3-13-26(21)14-4-12-24-22(28)17-10-8-16(9-11-17)15-20-23(29)25-18-5-1-2-6-19(18)30-20/h1-2,5-6,8-11,15H,3-4,7,12-14H2,(H,24,28)(H,25,29). The molecule has 0 saturated carbocycles. The van der Waals surface area contributed by atoms with E-state index in [1.165, 1.54) is 11.8 Å². The molecule has 1 fully saturated rings. The third kappa shape index (κ3) is 4.74. The Balaban J connectivity index is 1.31. The molecule has 2 aliphatic rings. The van der Waals surface area contributed by atoms with Crippen molar-refractivity contribution >= 4 is 41.2 Å². The van der Waals surface area contributed by atoms with E-state index in [1.54, 1.807) is 12.1 Å². The lowest BCUT2D eigenvalue weighted by Gasteiger charge is -2.18. The van der Waals surface area contributed by atoms with E-state index in [2.05, 4.69) is 10.6 Å². The summed E-state index contributed by atoms with van der Waals surface area (Å²) < 4.78 is 0. The number of hydrogen-bond acceptors (Lipinski definition) is 4. The Bertz CT molecular complexity index is 1000. The highest BCUT2D eigenvalue weighted by atomic mass is 32.2. The fourth-order valence-corrected chi connectivity index (χ4v) is 4.45. The third-order valence-corrected chi connectivity index (χ3v) is 6.21. The highest BCUT2D eigenvalue weighted by molar-refractivity contribution is 8.04. The predicted octanol–water partition coefficient (Wildman–Crippen LogP) is 3.51. The summed E-state index contributed by atoms with van der Waals surface area (Å²) in [5.74, 6) is -0.0583. The second-order valence-corrected chi connectivity index (χ2v) is 8.36. The van der Waals surface area contributed by atoms with E-state index in [-0.39, 0.29) is 17.7 Å². The number of para-hydroxylation sites is 1. The van der Waals surface area contributed by atoms with Crippen molar-refractivity contribution in [1.29, 1.82) is 0 Å². The van der Waals surface area contributed by atoms with Gasteiger partial charge in [0, 0.05) is 36.5 Å². The number of carbonyl (C=O) groups excluding carboxylic acids is 3. The minimum atomic E-state index is -0.138. The van der Waals surface area contributed by atoms with Gasteiger partial charge in [-0.05, 0) is 48.7 Å². The Morgan fingerprint density at radius 1 is 1.13 bits per heavy atom. The second kappa shape index (κ2) is 9.17. The quantitative estimate of drug-likeness (QED) is 0.553. The van der Waals surface area contributed by atoms with E-state index in [0.29, 0.717) is 30.0 Å². The van der Waals surface area contributed by atoms with E-state index in [4.69, 9.17) is 0 Å². The van der Waals surface area contributed by atoms with Gasteiger partial charge >= 0.3 is 0 Å². The molecule has 1 saturated heterocycles. The molecule has 0 aromatic heterocycles. The first-order chi connectivity index (χ1) is 14.6. The SMILES string of the molecule is O=C1Nc2ccccc2SC1=Cc1ccc(C(=O)NCCCN2CCCC2=O)cc1. The Hall–Kier alpha value is -3.06. The number of nitrogens with one attached hydrogen (secondary N) is 2. The zero-order valence-electron chi connectivity index (χ0n) is 16.5. The Morgan fingerprint density at radius 2 is 1.93 bits per heavy atom. The van der Waals surface area contributed by atoms with Gasteiger partial charge in [-0.25, -0.2) is 0 Å². The number of hydrogen-bond donors (Lipinski definition) is 2. The molecule has 2 heterocycles. The smallest absolute Gasteiger partial charge is 0.262 e. The van der Waals surface area contributed by atoms with E-state index < -0.39 is 0 Å². The van der Waals surface area contributed by atoms with Crippen molar-refractivity contribution in [2.45, 2.75) is 24.2 Å². The van der Waals surface area contributed by atoms with Gasteiger partial charge in [0.05, 0.1) is 10.6 Å². The predicted molar refractivity (Wildman–Crippen MR) is 118 cm³/mol. The van der Waals surface area contributed by atoms with Crippen LogP contribution in [0.1, 0.15) is 35.2 Å². The number of anilines is 1. The molecular formula is C23H23N3O3S. The van der Waals surface area contributed by atoms with Crippen molar-refractivity contribution in [3.63, 3.8) is 0 Å². The van der Waals surface area contributed by atoms with Crippen molar-refractivity contribution in [1.82, 2.24) is 10.2 Å². The molecule has 0 spiro atoms. The van der Waals surface area contributed by atoms with Crippen LogP contribution in [0.2, 0.25) is 0 Å². The van der Waals surface area contributed by atoms with E-state index in [1.807, 2.05) is 47.4 Å². The monoisotopic (exact) mass is 421 g/mol. The number of amides is 3. The Morgan fingerprint density at radius 3 is 2.70 bits per heavy atom. The fraction of sp³-hybridized carbons (Fsp3) is 0.261. The summed E-state index contributed by atoms with van der Waals surface area (Å²) in [6.07, 6.45) is 4.14. The van der Waals surface area contributed by atoms with E-state index >= 15 is 0 Å². The maximum absolute atomic E-state index is 12.3. The van der Waals surface area contributed by atoms with Crippen molar-refractivity contribution in [3.05, 3.63) is 64.6 Å². The zero-order chi connectivity index (χ0) is 20.9. The summed E-state index contributed by atoms with van der Waals surface area (Å²) in [5, 5.41) is 5.79. The molecular weight excluding hydrogens is 398 g/mol. The first kappa shape index (κ1) is 20.2. The van der Waals surface area contributed by atoms with Crippen LogP contribution in [0.25, 0.3) is 6.08 Å². The molecule has 0 radical (unpaired) electrons. The molecule has 0 aliphatic carbocycles. The van der Waals surface area contributed by atoms with Gasteiger partial charge in [-0.2, -0.15) is 0 Å². The zero-order valence-corrected chi connectivity index (χ0v) is 17.3. The summed E-state index contributed by atoms with van der Waals surface area (Å²) in [6, 6.07) is 14.9. The normalized spacial score (nSPS) is 17.1. The highest BCUT2D eigenvalue weighted by Gasteiger charge is 2.21. The van der Waals surface area contributed by atoms with Gasteiger partial charge in [0.15, 0.2) is 0 Å². The van der Waals surface area contributed by atoms with Crippen LogP contribution in [0.5, 0.6) is 0 Å². The number of fused-ring (bicyclic) bond motifs is 1. The van der Waals surface area contributed by atoms with Crippen LogP contribution in [0, 0.1) is 0 Å². The van der Waals surface area contributed by atoms with Crippen LogP contribution >= 0.6 is 11.8 Å². The van der Waals surface area contributed by atoms with Gasteiger partial charge in [-0.1, -0.05) is 36.0 Å². The number of nitrogens with zero attached hydrogens (tertiary/aromatic N) is 1. The molecule has 3 amide bonds. The topological polar surface area (TPSA) is 78.5 Å². The first-order valence-corrected chi connectivity index (χ1v) is 10.9. The lowest BCUT2D eigenvalue weighted by Crippen LogP contribution is -2.30. The third-order valence-electron chi connectivity index (χ3n) is 5.11. The molecule has 2 N–H and O–H groups in total. The van der Waals surface area contributed by atoms with Crippen molar-refractivity contribution in [2.24, 2.45) is 0 Å². The van der Waals surface area contributed by atoms with Gasteiger partial charge in [0.1, 0.15) is 0 Å². The lowest BCUT2D eigenvalue weighted by atomic mass is 10.1. The van der Waals surface area contributed by atoms with Gasteiger partial charge in [-0.3, -0.25) is 14.4 Å². The van der Waals surface area contributed by atoms with Gasteiger partial charge in [0.25, 0.3) is 11.8 Å². The molecule has 2 aromatic carbocycles. The van der Waals surface area contributed by atoms with Gasteiger partial charge in [-0.15, -0.1) is 0 Å². The summed E-state index contributed by atoms with van der Waals surface area (Å²) in [7, 11) is 0. The number of likely N-dealkylation sites (tertiary alicyclic amines) is 1. The van der Waals surface area contributed by atoms with Crippen molar-refractivity contribution in [3.8, 4) is 0 Å². The van der Waals surface area contributed by atoms with E-state index in [9.17, 15) is 14.4 Å². The van der Waals surface area contributed by atoms with Crippen LogP contribution in [-0.4, -0.2) is 42.3 Å². The van der Waals surface area contributed by atoms with Crippen LogP contribution in [0.3, 0.4) is 0 Å².